The number of nitro groups is 1. The summed E-state index contributed by atoms with van der Waals surface area (Å²) in [7, 11) is 0. The van der Waals surface area contributed by atoms with Crippen LogP contribution in [-0.2, 0) is 0 Å². The zero-order valence-corrected chi connectivity index (χ0v) is 19.7. The summed E-state index contributed by atoms with van der Waals surface area (Å²) in [5.41, 5.74) is 4.36. The van der Waals surface area contributed by atoms with Crippen LogP contribution in [0.1, 0.15) is 65.0 Å². The molecule has 0 saturated carbocycles. The van der Waals surface area contributed by atoms with Crippen LogP contribution in [0.5, 0.6) is 0 Å². The molecule has 3 aromatic rings. The van der Waals surface area contributed by atoms with E-state index >= 15 is 0 Å². The zero-order valence-electron chi connectivity index (χ0n) is 18.9. The third kappa shape index (κ3) is 5.50. The van der Waals surface area contributed by atoms with E-state index in [2.05, 4.69) is 62.8 Å². The molecule has 0 aliphatic heterocycles. The lowest BCUT2D eigenvalue weighted by atomic mass is 10.0. The van der Waals surface area contributed by atoms with E-state index in [-0.39, 0.29) is 16.7 Å². The molecule has 0 spiro atoms. The van der Waals surface area contributed by atoms with Crippen molar-refractivity contribution in [3.05, 3.63) is 74.4 Å². The Labute approximate surface area is 188 Å². The molecule has 2 aromatic carbocycles. The molecule has 1 heterocycles. The highest BCUT2D eigenvalue weighted by atomic mass is 32.1. The Hall–Kier alpha value is -2.73. The number of aromatic nitrogens is 1. The van der Waals surface area contributed by atoms with Gasteiger partial charge in [0.25, 0.3) is 5.69 Å². The number of nitro benzene ring substituents is 1. The number of nitrogens with zero attached hydrogens (tertiary/aromatic N) is 3. The van der Waals surface area contributed by atoms with Crippen LogP contribution in [0.3, 0.4) is 0 Å². The van der Waals surface area contributed by atoms with Gasteiger partial charge in [0.05, 0.1) is 16.3 Å². The van der Waals surface area contributed by atoms with Gasteiger partial charge >= 0.3 is 0 Å². The van der Waals surface area contributed by atoms with E-state index in [1.807, 2.05) is 18.2 Å². The Morgan fingerprint density at radius 2 is 1.68 bits per heavy atom. The van der Waals surface area contributed by atoms with Gasteiger partial charge in [0.15, 0.2) is 4.80 Å². The van der Waals surface area contributed by atoms with Gasteiger partial charge in [0, 0.05) is 23.6 Å². The summed E-state index contributed by atoms with van der Waals surface area (Å²) in [5, 5.41) is 13.2. The summed E-state index contributed by atoms with van der Waals surface area (Å²) in [5.74, 6) is 1.02. The van der Waals surface area contributed by atoms with E-state index in [4.69, 9.17) is 4.99 Å². The lowest BCUT2D eigenvalue weighted by molar-refractivity contribution is -0.384. The van der Waals surface area contributed by atoms with E-state index < -0.39 is 0 Å². The fraction of sp³-hybridized carbons (Fsp3) is 0.400. The summed E-state index contributed by atoms with van der Waals surface area (Å²) in [6.07, 6.45) is 2.18. The van der Waals surface area contributed by atoms with Gasteiger partial charge in [-0.25, -0.2) is 4.99 Å². The Morgan fingerprint density at radius 1 is 1.00 bits per heavy atom. The van der Waals surface area contributed by atoms with Gasteiger partial charge in [0.1, 0.15) is 0 Å². The lowest BCUT2D eigenvalue weighted by Gasteiger charge is -2.19. The van der Waals surface area contributed by atoms with Crippen molar-refractivity contribution in [3.63, 3.8) is 0 Å². The molecule has 0 aliphatic rings. The van der Waals surface area contributed by atoms with Gasteiger partial charge in [-0.3, -0.25) is 10.1 Å². The first-order valence-corrected chi connectivity index (χ1v) is 11.7. The van der Waals surface area contributed by atoms with Crippen molar-refractivity contribution in [1.29, 1.82) is 0 Å². The maximum absolute atomic E-state index is 11.1. The first-order valence-electron chi connectivity index (χ1n) is 10.9. The monoisotopic (exact) mass is 437 g/mol. The summed E-state index contributed by atoms with van der Waals surface area (Å²) in [4.78, 5) is 16.7. The second-order valence-corrected chi connectivity index (χ2v) is 9.56. The molecular weight excluding hydrogens is 406 g/mol. The van der Waals surface area contributed by atoms with E-state index in [1.165, 1.54) is 5.56 Å². The van der Waals surface area contributed by atoms with Crippen LogP contribution < -0.4 is 4.80 Å². The van der Waals surface area contributed by atoms with Crippen LogP contribution in [0.4, 0.5) is 11.4 Å². The number of hydrogen-bond acceptors (Lipinski definition) is 4. The molecule has 1 aromatic heterocycles. The predicted octanol–water partition coefficient (Wildman–Crippen LogP) is 7.48. The van der Waals surface area contributed by atoms with Gasteiger partial charge in [-0.1, -0.05) is 45.9 Å². The molecule has 164 valence electrons. The molecule has 0 bridgehead atoms. The quantitative estimate of drug-likeness (QED) is 0.271. The number of para-hydroxylation sites is 1. The Balaban J connectivity index is 2.13. The fourth-order valence-corrected chi connectivity index (χ4v) is 4.69. The normalized spacial score (nSPS) is 13.2. The van der Waals surface area contributed by atoms with Gasteiger partial charge in [-0.15, -0.1) is 11.3 Å². The van der Waals surface area contributed by atoms with Gasteiger partial charge in [-0.2, -0.15) is 0 Å². The molecule has 0 radical (unpaired) electrons. The van der Waals surface area contributed by atoms with Crippen molar-refractivity contribution in [2.24, 2.45) is 10.9 Å². The Bertz CT molecular complexity index is 1090. The van der Waals surface area contributed by atoms with E-state index in [9.17, 15) is 10.1 Å². The number of non-ortho nitro benzene ring substituents is 1. The average Bonchev–Trinajstić information content (AvgIpc) is 3.15. The second-order valence-electron chi connectivity index (χ2n) is 8.72. The highest BCUT2D eigenvalue weighted by Crippen LogP contribution is 2.30. The average molecular weight is 438 g/mol. The van der Waals surface area contributed by atoms with Crippen LogP contribution in [0.15, 0.2) is 58.9 Å². The summed E-state index contributed by atoms with van der Waals surface area (Å²) in [6, 6.07) is 15.4. The highest BCUT2D eigenvalue weighted by molar-refractivity contribution is 7.07. The molecule has 1 unspecified atom stereocenters. The van der Waals surface area contributed by atoms with Crippen LogP contribution in [0.25, 0.3) is 11.3 Å². The maximum Gasteiger partial charge on any atom is 0.269 e. The number of rotatable bonds is 8. The van der Waals surface area contributed by atoms with Gasteiger partial charge in [-0.05, 0) is 60.9 Å². The van der Waals surface area contributed by atoms with Crippen LogP contribution >= 0.6 is 11.3 Å². The van der Waals surface area contributed by atoms with Crippen molar-refractivity contribution in [2.75, 3.05) is 0 Å². The van der Waals surface area contributed by atoms with Crippen molar-refractivity contribution >= 4 is 22.7 Å². The molecule has 3 rings (SSSR count). The van der Waals surface area contributed by atoms with Crippen molar-refractivity contribution in [3.8, 4) is 11.3 Å². The maximum atomic E-state index is 11.1. The molecule has 6 heteroatoms. The largest absolute Gasteiger partial charge is 0.314 e. The van der Waals surface area contributed by atoms with Crippen molar-refractivity contribution in [2.45, 2.75) is 59.4 Å². The molecule has 0 fully saturated rings. The van der Waals surface area contributed by atoms with E-state index in [0.717, 1.165) is 34.6 Å². The molecule has 31 heavy (non-hydrogen) atoms. The zero-order chi connectivity index (χ0) is 22.5. The van der Waals surface area contributed by atoms with Gasteiger partial charge in [0.2, 0.25) is 0 Å². The molecule has 0 aliphatic carbocycles. The highest BCUT2D eigenvalue weighted by Gasteiger charge is 2.16. The van der Waals surface area contributed by atoms with Crippen LogP contribution in [0.2, 0.25) is 0 Å². The standard InChI is InChI=1S/C25H31N3O2S/c1-17(2)10-11-19(5)27-24(20-12-14-21(15-13-20)28(29)30)16-31-25(27)26-23-9-7-6-8-22(23)18(3)4/h6-9,12-19H,10-11H2,1-5H3. The van der Waals surface area contributed by atoms with Crippen molar-refractivity contribution in [1.82, 2.24) is 4.57 Å². The summed E-state index contributed by atoms with van der Waals surface area (Å²) < 4.78 is 2.30. The second kappa shape index (κ2) is 10.1. The topological polar surface area (TPSA) is 60.4 Å². The number of hydrogen-bond donors (Lipinski definition) is 0. The van der Waals surface area contributed by atoms with E-state index in [1.54, 1.807) is 23.5 Å². The first-order chi connectivity index (χ1) is 14.8. The molecule has 0 amide bonds. The third-order valence-electron chi connectivity index (χ3n) is 5.49. The SMILES string of the molecule is CC(C)CCC(C)n1c(-c2ccc([N+](=O)[O-])cc2)csc1=Nc1ccccc1C(C)C. The summed E-state index contributed by atoms with van der Waals surface area (Å²) in [6.45, 7) is 11.1. The number of benzene rings is 2. The molecule has 1 atom stereocenters. The van der Waals surface area contributed by atoms with Crippen molar-refractivity contribution < 1.29 is 4.92 Å². The minimum Gasteiger partial charge on any atom is -0.314 e. The van der Waals surface area contributed by atoms with Crippen LogP contribution in [-0.4, -0.2) is 9.49 Å². The minimum absolute atomic E-state index is 0.106. The van der Waals surface area contributed by atoms with E-state index in [0.29, 0.717) is 11.8 Å². The minimum atomic E-state index is -0.361. The summed E-state index contributed by atoms with van der Waals surface area (Å²) >= 11 is 1.62. The Morgan fingerprint density at radius 3 is 2.29 bits per heavy atom. The first kappa shape index (κ1) is 22.9. The molecule has 5 nitrogen and oxygen atoms in total. The predicted molar refractivity (Wildman–Crippen MR) is 129 cm³/mol. The Kier molecular flexibility index (Phi) is 7.44. The smallest absolute Gasteiger partial charge is 0.269 e. The molecule has 0 N–H and O–H groups in total. The molecular formula is C25H31N3O2S. The van der Waals surface area contributed by atoms with Gasteiger partial charge < -0.3 is 4.57 Å². The fourth-order valence-electron chi connectivity index (χ4n) is 3.68. The third-order valence-corrected chi connectivity index (χ3v) is 6.33. The molecule has 0 saturated heterocycles. The number of thiazole rings is 1. The lowest BCUT2D eigenvalue weighted by Crippen LogP contribution is -2.20. The van der Waals surface area contributed by atoms with Crippen LogP contribution in [0, 0.1) is 16.0 Å².